The Kier molecular flexibility index (Phi) is 8.63. The molecule has 0 aliphatic rings. The molecular formula is C18H22F3N3O4S. The van der Waals surface area contributed by atoms with E-state index in [4.69, 9.17) is 10.00 Å². The predicted molar refractivity (Wildman–Crippen MR) is 100 cm³/mol. The molecule has 160 valence electrons. The van der Waals surface area contributed by atoms with E-state index in [1.54, 1.807) is 33.0 Å². The van der Waals surface area contributed by atoms with Crippen LogP contribution in [0.3, 0.4) is 0 Å². The summed E-state index contributed by atoms with van der Waals surface area (Å²) in [5.74, 6) is -0.857. The van der Waals surface area contributed by atoms with Gasteiger partial charge < -0.3 is 14.8 Å². The number of amides is 2. The number of thioether (sulfide) groups is 1. The summed E-state index contributed by atoms with van der Waals surface area (Å²) in [7, 11) is 1.24. The Hall–Kier alpha value is -2.61. The minimum Gasteiger partial charge on any atom is -0.444 e. The highest BCUT2D eigenvalue weighted by Crippen LogP contribution is 2.33. The Balaban J connectivity index is 2.82. The fourth-order valence-electron chi connectivity index (χ4n) is 2.06. The summed E-state index contributed by atoms with van der Waals surface area (Å²) >= 11 is 1.02. The van der Waals surface area contributed by atoms with Gasteiger partial charge in [0.25, 0.3) is 5.91 Å². The second kappa shape index (κ2) is 10.2. The first-order valence-electron chi connectivity index (χ1n) is 8.47. The van der Waals surface area contributed by atoms with Crippen molar-refractivity contribution in [1.82, 2.24) is 10.2 Å². The molecule has 0 bridgehead atoms. The average molecular weight is 433 g/mol. The molecule has 0 saturated carbocycles. The molecule has 0 heterocycles. The zero-order chi connectivity index (χ0) is 22.2. The number of nitrogens with one attached hydrogen (secondary N) is 1. The van der Waals surface area contributed by atoms with Crippen molar-refractivity contribution in [3.8, 4) is 11.9 Å². The molecule has 0 aliphatic heterocycles. The van der Waals surface area contributed by atoms with Crippen molar-refractivity contribution in [3.63, 3.8) is 0 Å². The molecule has 7 nitrogen and oxygen atoms in total. The SMILES string of the molecule is CN(C#N)C(=O)[C@H](CCSc1ccccc1OC(F)(F)F)NC(=O)OC(C)(C)C. The van der Waals surface area contributed by atoms with Crippen molar-refractivity contribution in [2.24, 2.45) is 0 Å². The molecule has 1 rings (SSSR count). The zero-order valence-corrected chi connectivity index (χ0v) is 17.2. The Bertz CT molecular complexity index is 760. The van der Waals surface area contributed by atoms with Crippen molar-refractivity contribution in [2.45, 2.75) is 50.1 Å². The highest BCUT2D eigenvalue weighted by molar-refractivity contribution is 7.99. The molecule has 1 aromatic rings. The van der Waals surface area contributed by atoms with Gasteiger partial charge in [-0.2, -0.15) is 5.26 Å². The van der Waals surface area contributed by atoms with Crippen molar-refractivity contribution in [1.29, 1.82) is 5.26 Å². The summed E-state index contributed by atoms with van der Waals surface area (Å²) in [4.78, 5) is 25.3. The van der Waals surface area contributed by atoms with Gasteiger partial charge in [0.15, 0.2) is 6.19 Å². The number of ether oxygens (including phenoxy) is 2. The number of carbonyl (C=O) groups excluding carboxylic acids is 2. The lowest BCUT2D eigenvalue weighted by Crippen LogP contribution is -2.47. The molecule has 29 heavy (non-hydrogen) atoms. The number of likely N-dealkylation sites (N-methyl/N-ethyl adjacent to an activating group) is 1. The standard InChI is InChI=1S/C18H22F3N3O4S/c1-17(2,3)28-16(26)23-12(15(25)24(4)11-22)9-10-29-14-8-6-5-7-13(14)27-18(19,20)21/h5-8,12H,9-10H2,1-4H3,(H,23,26)/t12-/m0/s1. The number of alkyl halides is 3. The average Bonchev–Trinajstić information content (AvgIpc) is 2.58. The molecule has 0 aliphatic carbocycles. The van der Waals surface area contributed by atoms with Gasteiger partial charge in [0, 0.05) is 17.7 Å². The third-order valence-electron chi connectivity index (χ3n) is 3.21. The smallest absolute Gasteiger partial charge is 0.444 e. The molecule has 2 amide bonds. The first-order chi connectivity index (χ1) is 13.3. The number of para-hydroxylation sites is 1. The van der Waals surface area contributed by atoms with E-state index in [1.165, 1.54) is 25.2 Å². The first kappa shape index (κ1) is 24.4. The van der Waals surface area contributed by atoms with Gasteiger partial charge in [-0.25, -0.2) is 4.79 Å². The van der Waals surface area contributed by atoms with Gasteiger partial charge in [-0.05, 0) is 39.3 Å². The number of halogens is 3. The topological polar surface area (TPSA) is 91.7 Å². The Morgan fingerprint density at radius 2 is 1.90 bits per heavy atom. The third kappa shape index (κ3) is 9.43. The quantitative estimate of drug-likeness (QED) is 0.398. The van der Waals surface area contributed by atoms with Crippen molar-refractivity contribution in [3.05, 3.63) is 24.3 Å². The van der Waals surface area contributed by atoms with E-state index in [9.17, 15) is 22.8 Å². The van der Waals surface area contributed by atoms with Crippen molar-refractivity contribution in [2.75, 3.05) is 12.8 Å². The normalized spacial score (nSPS) is 12.5. The minimum absolute atomic E-state index is 0.0507. The third-order valence-corrected chi connectivity index (χ3v) is 4.30. The van der Waals surface area contributed by atoms with E-state index in [-0.39, 0.29) is 22.8 Å². The van der Waals surface area contributed by atoms with Crippen LogP contribution in [0.4, 0.5) is 18.0 Å². The number of hydrogen-bond donors (Lipinski definition) is 1. The lowest BCUT2D eigenvalue weighted by Gasteiger charge is -2.24. The summed E-state index contributed by atoms with van der Waals surface area (Å²) in [6.07, 6.45) is -3.97. The van der Waals surface area contributed by atoms with Crippen LogP contribution in [0, 0.1) is 11.5 Å². The number of benzene rings is 1. The Morgan fingerprint density at radius 1 is 1.28 bits per heavy atom. The fourth-order valence-corrected chi connectivity index (χ4v) is 3.06. The van der Waals surface area contributed by atoms with Gasteiger partial charge in [0.05, 0.1) is 0 Å². The van der Waals surface area contributed by atoms with Crippen LogP contribution in [0.5, 0.6) is 5.75 Å². The molecule has 0 spiro atoms. The van der Waals surface area contributed by atoms with E-state index in [0.717, 1.165) is 16.7 Å². The van der Waals surface area contributed by atoms with Gasteiger partial charge in [-0.1, -0.05) is 12.1 Å². The Morgan fingerprint density at radius 3 is 2.45 bits per heavy atom. The highest BCUT2D eigenvalue weighted by atomic mass is 32.2. The fraction of sp³-hybridized carbons (Fsp3) is 0.500. The molecule has 0 aromatic heterocycles. The lowest BCUT2D eigenvalue weighted by atomic mass is 10.2. The number of alkyl carbamates (subject to hydrolysis) is 1. The molecule has 0 fully saturated rings. The number of nitriles is 1. The minimum atomic E-state index is -4.83. The largest absolute Gasteiger partial charge is 0.573 e. The van der Waals surface area contributed by atoms with Crippen molar-refractivity contribution < 1.29 is 32.2 Å². The summed E-state index contributed by atoms with van der Waals surface area (Å²) < 4.78 is 46.6. The van der Waals surface area contributed by atoms with Crippen LogP contribution in [0.25, 0.3) is 0 Å². The summed E-state index contributed by atoms with van der Waals surface area (Å²) in [6, 6.07) is 4.50. The Labute approximate surface area is 171 Å². The molecule has 1 aromatic carbocycles. The maximum Gasteiger partial charge on any atom is 0.573 e. The van der Waals surface area contributed by atoms with Crippen LogP contribution in [0.1, 0.15) is 27.2 Å². The van der Waals surface area contributed by atoms with Gasteiger partial charge >= 0.3 is 12.5 Å². The van der Waals surface area contributed by atoms with Gasteiger partial charge in [-0.3, -0.25) is 9.69 Å². The molecule has 1 atom stereocenters. The van der Waals surface area contributed by atoms with E-state index in [1.807, 2.05) is 0 Å². The van der Waals surface area contributed by atoms with Crippen LogP contribution in [0.2, 0.25) is 0 Å². The van der Waals surface area contributed by atoms with E-state index in [2.05, 4.69) is 10.1 Å². The molecule has 0 unspecified atom stereocenters. The number of nitrogens with zero attached hydrogens (tertiary/aromatic N) is 2. The molecule has 11 heteroatoms. The number of rotatable bonds is 7. The maximum absolute atomic E-state index is 12.5. The second-order valence-corrected chi connectivity index (χ2v) is 7.96. The van der Waals surface area contributed by atoms with E-state index < -0.39 is 30.0 Å². The van der Waals surface area contributed by atoms with Gasteiger partial charge in [0.1, 0.15) is 17.4 Å². The predicted octanol–water partition coefficient (Wildman–Crippen LogP) is 3.90. The first-order valence-corrected chi connectivity index (χ1v) is 9.45. The van der Waals surface area contributed by atoms with Crippen LogP contribution < -0.4 is 10.1 Å². The monoisotopic (exact) mass is 433 g/mol. The number of hydrogen-bond acceptors (Lipinski definition) is 6. The summed E-state index contributed by atoms with van der Waals surface area (Å²) in [6.45, 7) is 4.95. The van der Waals surface area contributed by atoms with Crippen LogP contribution >= 0.6 is 11.8 Å². The number of carbonyl (C=O) groups is 2. The second-order valence-electron chi connectivity index (χ2n) is 6.83. The van der Waals surface area contributed by atoms with Gasteiger partial charge in [0.2, 0.25) is 0 Å². The summed E-state index contributed by atoms with van der Waals surface area (Å²) in [5, 5.41) is 11.3. The van der Waals surface area contributed by atoms with E-state index >= 15 is 0 Å². The van der Waals surface area contributed by atoms with Gasteiger partial charge in [-0.15, -0.1) is 24.9 Å². The van der Waals surface area contributed by atoms with Crippen LogP contribution in [0.15, 0.2) is 29.2 Å². The maximum atomic E-state index is 12.5. The highest BCUT2D eigenvalue weighted by Gasteiger charge is 2.32. The zero-order valence-electron chi connectivity index (χ0n) is 16.4. The molecule has 1 N–H and O–H groups in total. The van der Waals surface area contributed by atoms with E-state index in [0.29, 0.717) is 0 Å². The van der Waals surface area contributed by atoms with Crippen molar-refractivity contribution >= 4 is 23.8 Å². The molecular weight excluding hydrogens is 411 g/mol. The van der Waals surface area contributed by atoms with Crippen LogP contribution in [-0.4, -0.2) is 47.7 Å². The molecule has 0 radical (unpaired) electrons. The van der Waals surface area contributed by atoms with Crippen LogP contribution in [-0.2, 0) is 9.53 Å². The lowest BCUT2D eigenvalue weighted by molar-refractivity contribution is -0.275. The molecule has 0 saturated heterocycles. The summed E-state index contributed by atoms with van der Waals surface area (Å²) in [5.41, 5.74) is -0.790.